The molecule has 3 rings (SSSR count). The first-order chi connectivity index (χ1) is 13.4. The summed E-state index contributed by atoms with van der Waals surface area (Å²) in [4.78, 5) is 42.3. The van der Waals surface area contributed by atoms with Crippen molar-refractivity contribution in [2.45, 2.75) is 13.0 Å². The number of rotatable bonds is 5. The number of pyridine rings is 1. The van der Waals surface area contributed by atoms with E-state index >= 15 is 0 Å². The first kappa shape index (κ1) is 19.7. The van der Waals surface area contributed by atoms with Crippen LogP contribution in [-0.2, 0) is 14.3 Å². The van der Waals surface area contributed by atoms with Crippen LogP contribution in [0.5, 0.6) is 0 Å². The molecule has 2 amide bonds. The van der Waals surface area contributed by atoms with Crippen LogP contribution in [0.2, 0.25) is 0 Å². The maximum absolute atomic E-state index is 14.0. The van der Waals surface area contributed by atoms with E-state index in [4.69, 9.17) is 9.84 Å². The molecule has 9 heteroatoms. The largest absolute Gasteiger partial charge is 0.480 e. The second-order valence-corrected chi connectivity index (χ2v) is 6.55. The van der Waals surface area contributed by atoms with Crippen LogP contribution in [0.25, 0.3) is 10.8 Å². The molecule has 0 radical (unpaired) electrons. The lowest BCUT2D eigenvalue weighted by atomic mass is 10.0. The van der Waals surface area contributed by atoms with Crippen molar-refractivity contribution in [1.82, 2.24) is 14.8 Å². The van der Waals surface area contributed by atoms with Gasteiger partial charge >= 0.3 is 5.97 Å². The first-order valence-electron chi connectivity index (χ1n) is 8.77. The summed E-state index contributed by atoms with van der Waals surface area (Å²) in [5.74, 6) is -2.23. The molecule has 28 heavy (non-hydrogen) atoms. The number of hydrogen-bond acceptors (Lipinski definition) is 5. The highest BCUT2D eigenvalue weighted by molar-refractivity contribution is 6.06. The molecule has 1 aromatic carbocycles. The number of hydrogen-bond donors (Lipinski definition) is 1. The van der Waals surface area contributed by atoms with Gasteiger partial charge in [0.1, 0.15) is 12.4 Å². The number of carbonyl (C=O) groups excluding carboxylic acids is 2. The van der Waals surface area contributed by atoms with Crippen molar-refractivity contribution in [3.63, 3.8) is 0 Å². The summed E-state index contributed by atoms with van der Waals surface area (Å²) in [7, 11) is 0. The Morgan fingerprint density at radius 3 is 2.82 bits per heavy atom. The molecule has 1 aliphatic heterocycles. The molecule has 1 N–H and O–H groups in total. The average Bonchev–Trinajstić information content (AvgIpc) is 2.67. The quantitative estimate of drug-likeness (QED) is 0.823. The van der Waals surface area contributed by atoms with Crippen molar-refractivity contribution in [1.29, 1.82) is 0 Å². The van der Waals surface area contributed by atoms with Gasteiger partial charge in [0.05, 0.1) is 12.7 Å². The van der Waals surface area contributed by atoms with Gasteiger partial charge in [-0.15, -0.1) is 0 Å². The second-order valence-electron chi connectivity index (χ2n) is 6.55. The number of carboxylic acid groups (broad SMARTS) is 1. The molecule has 0 aliphatic carbocycles. The first-order valence-corrected chi connectivity index (χ1v) is 8.77. The molecule has 8 nitrogen and oxygen atoms in total. The Kier molecular flexibility index (Phi) is 5.84. The smallest absolute Gasteiger partial charge is 0.323 e. The van der Waals surface area contributed by atoms with Crippen molar-refractivity contribution in [3.05, 3.63) is 42.0 Å². The molecule has 0 bridgehead atoms. The molecule has 1 saturated heterocycles. The maximum atomic E-state index is 14.0. The van der Waals surface area contributed by atoms with Gasteiger partial charge in [-0.3, -0.25) is 19.4 Å². The molecular formula is C19H20FN3O5. The number of nitrogens with zero attached hydrogens (tertiary/aromatic N) is 3. The van der Waals surface area contributed by atoms with E-state index in [1.165, 1.54) is 37.5 Å². The Balaban J connectivity index is 1.77. The number of aromatic nitrogens is 1. The van der Waals surface area contributed by atoms with Crippen LogP contribution in [0.1, 0.15) is 17.3 Å². The van der Waals surface area contributed by atoms with Crippen LogP contribution in [0.4, 0.5) is 4.39 Å². The third-order valence-electron chi connectivity index (χ3n) is 4.62. The standard InChI is InChI=1S/C19H20FN3O5/c1-12(24)23(11-18(25)26)10-13-9-22(6-7-28-13)19(27)15-2-3-17(20)14-4-5-21-8-16(14)15/h2-5,8,13H,6-7,9-11H2,1H3,(H,25,26). The zero-order valence-electron chi connectivity index (χ0n) is 15.3. The molecule has 2 aromatic rings. The summed E-state index contributed by atoms with van der Waals surface area (Å²) in [5, 5.41) is 9.68. The molecule has 0 spiro atoms. The number of benzene rings is 1. The highest BCUT2D eigenvalue weighted by Crippen LogP contribution is 2.23. The summed E-state index contributed by atoms with van der Waals surface area (Å²) in [6.45, 7) is 1.71. The minimum atomic E-state index is -1.12. The van der Waals surface area contributed by atoms with E-state index in [2.05, 4.69) is 4.98 Å². The summed E-state index contributed by atoms with van der Waals surface area (Å²) in [6, 6.07) is 4.19. The normalized spacial score (nSPS) is 16.8. The monoisotopic (exact) mass is 389 g/mol. The van der Waals surface area contributed by atoms with Crippen LogP contribution >= 0.6 is 0 Å². The van der Waals surface area contributed by atoms with E-state index in [9.17, 15) is 18.8 Å². The molecule has 1 atom stereocenters. The Bertz CT molecular complexity index is 920. The zero-order valence-corrected chi connectivity index (χ0v) is 15.3. The van der Waals surface area contributed by atoms with Crippen LogP contribution in [-0.4, -0.2) is 76.6 Å². The highest BCUT2D eigenvalue weighted by atomic mass is 19.1. The molecule has 1 unspecified atom stereocenters. The number of ether oxygens (including phenoxy) is 1. The number of morpholine rings is 1. The molecule has 2 heterocycles. The number of amides is 2. The lowest BCUT2D eigenvalue weighted by Gasteiger charge is -2.35. The Labute approximate surface area is 160 Å². The second kappa shape index (κ2) is 8.30. The van der Waals surface area contributed by atoms with Crippen molar-refractivity contribution in [2.24, 2.45) is 0 Å². The van der Waals surface area contributed by atoms with Gasteiger partial charge in [-0.1, -0.05) is 0 Å². The van der Waals surface area contributed by atoms with E-state index in [-0.39, 0.29) is 31.5 Å². The van der Waals surface area contributed by atoms with E-state index < -0.39 is 24.4 Å². The van der Waals surface area contributed by atoms with E-state index in [1.54, 1.807) is 4.90 Å². The van der Waals surface area contributed by atoms with Gasteiger partial charge in [0, 0.05) is 55.3 Å². The van der Waals surface area contributed by atoms with Crippen LogP contribution in [0.15, 0.2) is 30.6 Å². The van der Waals surface area contributed by atoms with Gasteiger partial charge in [-0.25, -0.2) is 4.39 Å². The Hall–Kier alpha value is -3.07. The molecule has 1 aliphatic rings. The van der Waals surface area contributed by atoms with E-state index in [1.807, 2.05) is 0 Å². The van der Waals surface area contributed by atoms with Crippen LogP contribution in [0, 0.1) is 5.82 Å². The number of halogens is 1. The number of aliphatic carboxylic acids is 1. The fourth-order valence-corrected chi connectivity index (χ4v) is 3.24. The van der Waals surface area contributed by atoms with E-state index in [0.717, 1.165) is 4.90 Å². The lowest BCUT2D eigenvalue weighted by Crippen LogP contribution is -2.51. The van der Waals surface area contributed by atoms with Crippen molar-refractivity contribution in [3.8, 4) is 0 Å². The van der Waals surface area contributed by atoms with Gasteiger partial charge in [0.25, 0.3) is 5.91 Å². The van der Waals surface area contributed by atoms with Gasteiger partial charge in [0.2, 0.25) is 5.91 Å². The van der Waals surface area contributed by atoms with Crippen molar-refractivity contribution in [2.75, 3.05) is 32.8 Å². The molecular weight excluding hydrogens is 369 g/mol. The zero-order chi connectivity index (χ0) is 20.3. The SMILES string of the molecule is CC(=O)N(CC(=O)O)CC1CN(C(=O)c2ccc(F)c3ccncc23)CCO1. The minimum absolute atomic E-state index is 0.0666. The summed E-state index contributed by atoms with van der Waals surface area (Å²) < 4.78 is 19.6. The predicted molar refractivity (Wildman–Crippen MR) is 97.2 cm³/mol. The van der Waals surface area contributed by atoms with Gasteiger partial charge in [-0.2, -0.15) is 0 Å². The number of carboxylic acids is 1. The maximum Gasteiger partial charge on any atom is 0.323 e. The van der Waals surface area contributed by atoms with Crippen molar-refractivity contribution < 1.29 is 28.6 Å². The predicted octanol–water partition coefficient (Wildman–Crippen LogP) is 1.15. The molecule has 148 valence electrons. The Morgan fingerprint density at radius 1 is 1.32 bits per heavy atom. The fourth-order valence-electron chi connectivity index (χ4n) is 3.24. The lowest BCUT2D eigenvalue weighted by molar-refractivity contribution is -0.145. The van der Waals surface area contributed by atoms with E-state index in [0.29, 0.717) is 22.9 Å². The fraction of sp³-hybridized carbons (Fsp3) is 0.368. The van der Waals surface area contributed by atoms with Gasteiger partial charge < -0.3 is 19.6 Å². The summed E-state index contributed by atoms with van der Waals surface area (Å²) in [6.07, 6.45) is 2.41. The molecule has 1 fully saturated rings. The topological polar surface area (TPSA) is 100 Å². The summed E-state index contributed by atoms with van der Waals surface area (Å²) in [5.41, 5.74) is 0.333. The van der Waals surface area contributed by atoms with Crippen LogP contribution < -0.4 is 0 Å². The summed E-state index contributed by atoms with van der Waals surface area (Å²) >= 11 is 0. The minimum Gasteiger partial charge on any atom is -0.480 e. The van der Waals surface area contributed by atoms with Gasteiger partial charge in [-0.05, 0) is 18.2 Å². The van der Waals surface area contributed by atoms with Crippen molar-refractivity contribution >= 4 is 28.6 Å². The van der Waals surface area contributed by atoms with Gasteiger partial charge in [0.15, 0.2) is 0 Å². The average molecular weight is 389 g/mol. The Morgan fingerprint density at radius 2 is 2.11 bits per heavy atom. The highest BCUT2D eigenvalue weighted by Gasteiger charge is 2.28. The number of carbonyl (C=O) groups is 3. The van der Waals surface area contributed by atoms with Crippen LogP contribution in [0.3, 0.4) is 0 Å². The third-order valence-corrected chi connectivity index (χ3v) is 4.62. The molecule has 0 saturated carbocycles. The third kappa shape index (κ3) is 4.25. The number of fused-ring (bicyclic) bond motifs is 1. The molecule has 1 aromatic heterocycles.